The van der Waals surface area contributed by atoms with Gasteiger partial charge < -0.3 is 10.1 Å². The molecule has 25 heavy (non-hydrogen) atoms. The smallest absolute Gasteiger partial charge is 0.224 e. The summed E-state index contributed by atoms with van der Waals surface area (Å²) >= 11 is 6.22. The molecule has 1 N–H and O–H groups in total. The van der Waals surface area contributed by atoms with Gasteiger partial charge in [0.25, 0.3) is 0 Å². The number of halogens is 1. The molecule has 0 aromatic heterocycles. The van der Waals surface area contributed by atoms with Gasteiger partial charge in [0.2, 0.25) is 5.91 Å². The van der Waals surface area contributed by atoms with E-state index < -0.39 is 0 Å². The number of carbonyl (C=O) groups is 1. The molecule has 0 unspecified atom stereocenters. The second-order valence-corrected chi connectivity index (χ2v) is 7.07. The number of ether oxygens (including phenoxy) is 1. The van der Waals surface area contributed by atoms with Crippen LogP contribution >= 0.6 is 11.6 Å². The molecule has 0 saturated heterocycles. The lowest BCUT2D eigenvalue weighted by atomic mass is 10.0. The zero-order valence-corrected chi connectivity index (χ0v) is 16.1. The predicted molar refractivity (Wildman–Crippen MR) is 105 cm³/mol. The van der Waals surface area contributed by atoms with Crippen molar-refractivity contribution in [3.63, 3.8) is 0 Å². The van der Waals surface area contributed by atoms with E-state index in [0.717, 1.165) is 16.9 Å². The number of anilines is 1. The van der Waals surface area contributed by atoms with Crippen molar-refractivity contribution in [1.82, 2.24) is 0 Å². The van der Waals surface area contributed by atoms with Gasteiger partial charge in [-0.1, -0.05) is 43.6 Å². The summed E-state index contributed by atoms with van der Waals surface area (Å²) in [5.74, 6) is 1.30. The maximum Gasteiger partial charge on any atom is 0.224 e. The monoisotopic (exact) mass is 359 g/mol. The summed E-state index contributed by atoms with van der Waals surface area (Å²) in [4.78, 5) is 12.1. The van der Waals surface area contributed by atoms with Crippen LogP contribution < -0.4 is 10.1 Å². The van der Waals surface area contributed by atoms with Crippen LogP contribution in [-0.2, 0) is 4.79 Å². The van der Waals surface area contributed by atoms with Crippen molar-refractivity contribution >= 4 is 23.2 Å². The molecule has 0 heterocycles. The average Bonchev–Trinajstić information content (AvgIpc) is 2.55. The number of hydrogen-bond donors (Lipinski definition) is 1. The number of nitrogens with one attached hydrogen (secondary N) is 1. The quantitative estimate of drug-likeness (QED) is 0.627. The Morgan fingerprint density at radius 3 is 2.44 bits per heavy atom. The van der Waals surface area contributed by atoms with Crippen molar-refractivity contribution in [2.45, 2.75) is 46.5 Å². The second-order valence-electron chi connectivity index (χ2n) is 6.66. The van der Waals surface area contributed by atoms with Gasteiger partial charge in [-0.05, 0) is 61.1 Å². The number of amides is 1. The van der Waals surface area contributed by atoms with Crippen LogP contribution in [0.1, 0.15) is 49.3 Å². The SMILES string of the molecule is Cc1cc(C)c(NC(=O)CCCOc2ccc(C(C)C)cc2)c(Cl)c1. The minimum atomic E-state index is -0.0485. The molecule has 0 aliphatic rings. The van der Waals surface area contributed by atoms with Crippen LogP contribution in [-0.4, -0.2) is 12.5 Å². The zero-order valence-electron chi connectivity index (χ0n) is 15.4. The van der Waals surface area contributed by atoms with E-state index in [0.29, 0.717) is 36.1 Å². The molecule has 2 rings (SSSR count). The minimum Gasteiger partial charge on any atom is -0.494 e. The molecule has 0 bridgehead atoms. The van der Waals surface area contributed by atoms with Gasteiger partial charge in [0.05, 0.1) is 17.3 Å². The van der Waals surface area contributed by atoms with E-state index in [2.05, 4.69) is 31.3 Å². The second kappa shape index (κ2) is 8.91. The molecule has 4 heteroatoms. The summed E-state index contributed by atoms with van der Waals surface area (Å²) in [5, 5.41) is 3.47. The maximum atomic E-state index is 12.1. The third-order valence-electron chi connectivity index (χ3n) is 4.06. The summed E-state index contributed by atoms with van der Waals surface area (Å²) in [6, 6.07) is 12.0. The van der Waals surface area contributed by atoms with Crippen LogP contribution in [0, 0.1) is 13.8 Å². The summed E-state index contributed by atoms with van der Waals surface area (Å²) in [6.45, 7) is 8.76. The van der Waals surface area contributed by atoms with E-state index in [-0.39, 0.29) is 5.91 Å². The summed E-state index contributed by atoms with van der Waals surface area (Å²) in [7, 11) is 0. The Bertz CT molecular complexity index is 700. The normalized spacial score (nSPS) is 10.8. The highest BCUT2D eigenvalue weighted by Gasteiger charge is 2.09. The number of aryl methyl sites for hydroxylation is 2. The van der Waals surface area contributed by atoms with E-state index in [1.807, 2.05) is 38.1 Å². The van der Waals surface area contributed by atoms with Gasteiger partial charge in [0.15, 0.2) is 0 Å². The molecule has 0 saturated carbocycles. The van der Waals surface area contributed by atoms with Crippen LogP contribution in [0.2, 0.25) is 5.02 Å². The molecular weight excluding hydrogens is 334 g/mol. The highest BCUT2D eigenvalue weighted by molar-refractivity contribution is 6.34. The molecule has 2 aromatic rings. The van der Waals surface area contributed by atoms with E-state index in [1.165, 1.54) is 5.56 Å². The number of rotatable bonds is 7. The lowest BCUT2D eigenvalue weighted by Gasteiger charge is -2.12. The molecule has 0 atom stereocenters. The third-order valence-corrected chi connectivity index (χ3v) is 4.36. The first-order chi connectivity index (χ1) is 11.9. The fourth-order valence-corrected chi connectivity index (χ4v) is 3.02. The molecule has 2 aromatic carbocycles. The van der Waals surface area contributed by atoms with E-state index in [9.17, 15) is 4.79 Å². The molecule has 0 radical (unpaired) electrons. The molecule has 0 aliphatic heterocycles. The Labute approximate surface area is 155 Å². The Kier molecular flexibility index (Phi) is 6.89. The van der Waals surface area contributed by atoms with Gasteiger partial charge in [-0.3, -0.25) is 4.79 Å². The molecule has 1 amide bonds. The Hall–Kier alpha value is -2.00. The Balaban J connectivity index is 1.77. The van der Waals surface area contributed by atoms with Crippen molar-refractivity contribution in [1.29, 1.82) is 0 Å². The van der Waals surface area contributed by atoms with Gasteiger partial charge in [-0.2, -0.15) is 0 Å². The Morgan fingerprint density at radius 2 is 1.84 bits per heavy atom. The predicted octanol–water partition coefficient (Wildman–Crippen LogP) is 5.88. The first-order valence-corrected chi connectivity index (χ1v) is 9.04. The van der Waals surface area contributed by atoms with Crippen molar-refractivity contribution in [2.75, 3.05) is 11.9 Å². The summed E-state index contributed by atoms with van der Waals surface area (Å²) < 4.78 is 5.70. The fourth-order valence-electron chi connectivity index (χ4n) is 2.65. The molecule has 134 valence electrons. The zero-order chi connectivity index (χ0) is 18.4. The van der Waals surface area contributed by atoms with E-state index in [4.69, 9.17) is 16.3 Å². The maximum absolute atomic E-state index is 12.1. The van der Waals surface area contributed by atoms with Gasteiger partial charge in [0.1, 0.15) is 5.75 Å². The van der Waals surface area contributed by atoms with Crippen molar-refractivity contribution < 1.29 is 9.53 Å². The molecular formula is C21H26ClNO2. The lowest BCUT2D eigenvalue weighted by Crippen LogP contribution is -2.14. The number of benzene rings is 2. The van der Waals surface area contributed by atoms with Crippen LogP contribution in [0.25, 0.3) is 0 Å². The van der Waals surface area contributed by atoms with Gasteiger partial charge >= 0.3 is 0 Å². The van der Waals surface area contributed by atoms with Gasteiger partial charge in [0, 0.05) is 6.42 Å². The van der Waals surface area contributed by atoms with Crippen LogP contribution in [0.4, 0.5) is 5.69 Å². The standard InChI is InChI=1S/C21H26ClNO2/c1-14(2)17-7-9-18(10-8-17)25-11-5-6-20(24)23-21-16(4)12-15(3)13-19(21)22/h7-10,12-14H,5-6,11H2,1-4H3,(H,23,24). The van der Waals surface area contributed by atoms with Crippen LogP contribution in [0.15, 0.2) is 36.4 Å². The summed E-state index contributed by atoms with van der Waals surface area (Å²) in [5.41, 5.74) is 4.04. The number of carbonyl (C=O) groups excluding carboxylic acids is 1. The molecule has 0 aliphatic carbocycles. The third kappa shape index (κ3) is 5.79. The van der Waals surface area contributed by atoms with Crippen molar-refractivity contribution in [3.8, 4) is 5.75 Å². The lowest BCUT2D eigenvalue weighted by molar-refractivity contribution is -0.116. The first-order valence-electron chi connectivity index (χ1n) is 8.66. The van der Waals surface area contributed by atoms with E-state index in [1.54, 1.807) is 0 Å². The largest absolute Gasteiger partial charge is 0.494 e. The van der Waals surface area contributed by atoms with Crippen LogP contribution in [0.3, 0.4) is 0 Å². The molecule has 0 fully saturated rings. The van der Waals surface area contributed by atoms with Gasteiger partial charge in [-0.15, -0.1) is 0 Å². The minimum absolute atomic E-state index is 0.0485. The van der Waals surface area contributed by atoms with Crippen LogP contribution in [0.5, 0.6) is 5.75 Å². The Morgan fingerprint density at radius 1 is 1.16 bits per heavy atom. The number of hydrogen-bond acceptors (Lipinski definition) is 2. The average molecular weight is 360 g/mol. The summed E-state index contributed by atoms with van der Waals surface area (Å²) in [6.07, 6.45) is 1.05. The fraction of sp³-hybridized carbons (Fsp3) is 0.381. The molecule has 3 nitrogen and oxygen atoms in total. The highest BCUT2D eigenvalue weighted by Crippen LogP contribution is 2.27. The van der Waals surface area contributed by atoms with Gasteiger partial charge in [-0.25, -0.2) is 0 Å². The first kappa shape index (κ1) is 19.3. The molecule has 0 spiro atoms. The van der Waals surface area contributed by atoms with E-state index >= 15 is 0 Å². The highest BCUT2D eigenvalue weighted by atomic mass is 35.5. The van der Waals surface area contributed by atoms with Crippen molar-refractivity contribution in [2.24, 2.45) is 0 Å². The topological polar surface area (TPSA) is 38.3 Å². The van der Waals surface area contributed by atoms with Crippen molar-refractivity contribution in [3.05, 3.63) is 58.1 Å².